The van der Waals surface area contributed by atoms with Gasteiger partial charge >= 0.3 is 6.16 Å². The van der Waals surface area contributed by atoms with Gasteiger partial charge in [-0.1, -0.05) is 0 Å². The molecule has 6 atom stereocenters. The van der Waals surface area contributed by atoms with E-state index in [9.17, 15) is 19.8 Å². The molecule has 2 fully saturated rings. The highest BCUT2D eigenvalue weighted by atomic mass is 32.2. The molecule has 9 nitrogen and oxygen atoms in total. The molecule has 3 heterocycles. The third kappa shape index (κ3) is 4.09. The zero-order valence-electron chi connectivity index (χ0n) is 15.4. The van der Waals surface area contributed by atoms with Crippen LogP contribution >= 0.6 is 11.8 Å². The number of hydrogen-bond acceptors (Lipinski definition) is 8. The third-order valence-electron chi connectivity index (χ3n) is 5.41. The molecule has 10 heteroatoms. The molecule has 0 unspecified atom stereocenters. The minimum Gasteiger partial charge on any atom is -0.449 e. The number of amides is 1. The predicted molar refractivity (Wildman–Crippen MR) is 98.9 cm³/mol. The first-order chi connectivity index (χ1) is 12.8. The number of carboxylic acid groups (broad SMARTS) is 1. The number of nitrogens with one attached hydrogen (secondary N) is 2. The van der Waals surface area contributed by atoms with Crippen molar-refractivity contribution in [2.75, 3.05) is 20.1 Å². The van der Waals surface area contributed by atoms with E-state index in [0.717, 1.165) is 17.9 Å². The summed E-state index contributed by atoms with van der Waals surface area (Å²) in [7, 11) is 1.84. The number of carbonyl (C=O) groups is 2. The van der Waals surface area contributed by atoms with Crippen LogP contribution in [0.4, 0.5) is 4.79 Å². The Kier molecular flexibility index (Phi) is 6.32. The van der Waals surface area contributed by atoms with Crippen LogP contribution in [0.15, 0.2) is 10.8 Å². The van der Waals surface area contributed by atoms with Crippen molar-refractivity contribution in [2.24, 2.45) is 5.92 Å². The number of fused-ring (bicyclic) bond motifs is 1. The van der Waals surface area contributed by atoms with E-state index in [0.29, 0.717) is 19.4 Å². The second-order valence-corrected chi connectivity index (χ2v) is 8.69. The summed E-state index contributed by atoms with van der Waals surface area (Å²) >= 11 is 1.50. The molecule has 152 valence electrons. The van der Waals surface area contributed by atoms with Gasteiger partial charge in [-0.15, -0.1) is 11.8 Å². The smallest absolute Gasteiger partial charge is 0.449 e. The first-order valence-corrected chi connectivity index (χ1v) is 10.1. The Bertz CT molecular complexity index is 628. The molecule has 0 aromatic carbocycles. The van der Waals surface area contributed by atoms with E-state index in [1.54, 1.807) is 6.92 Å². The molecule has 27 heavy (non-hydrogen) atoms. The number of nitrogens with zero attached hydrogens (tertiary/aromatic N) is 1. The lowest BCUT2D eigenvalue weighted by molar-refractivity contribution is -0.160. The van der Waals surface area contributed by atoms with Gasteiger partial charge in [0.05, 0.1) is 24.2 Å². The first kappa shape index (κ1) is 20.4. The van der Waals surface area contributed by atoms with Gasteiger partial charge in [-0.05, 0) is 33.4 Å². The molecule has 2 saturated heterocycles. The number of aliphatic hydroxyl groups excluding tert-OH is 2. The number of thioether (sulfide) groups is 1. The molecular formula is C17H27N3O6S. The van der Waals surface area contributed by atoms with E-state index in [1.807, 2.05) is 7.05 Å². The van der Waals surface area contributed by atoms with Crippen LogP contribution in [-0.4, -0.2) is 82.0 Å². The van der Waals surface area contributed by atoms with Crippen LogP contribution in [-0.2, 0) is 9.53 Å². The summed E-state index contributed by atoms with van der Waals surface area (Å²) in [6.45, 7) is 2.99. The van der Waals surface area contributed by atoms with Crippen molar-refractivity contribution in [3.63, 3.8) is 0 Å². The molecule has 1 amide bonds. The Hall–Kier alpha value is -1.33. The summed E-state index contributed by atoms with van der Waals surface area (Å²) in [6.07, 6.45) is -0.801. The van der Waals surface area contributed by atoms with Crippen LogP contribution in [0.3, 0.4) is 0 Å². The average Bonchev–Trinajstić information content (AvgIpc) is 3.15. The number of aliphatic hydroxyl groups is 2. The fourth-order valence-corrected chi connectivity index (χ4v) is 5.47. The molecular weight excluding hydrogens is 374 g/mol. The topological polar surface area (TPSA) is 131 Å². The van der Waals surface area contributed by atoms with Gasteiger partial charge in [-0.2, -0.15) is 0 Å². The molecule has 0 radical (unpaired) electrons. The number of carbonyl (C=O) groups excluding carboxylic acids is 1. The number of rotatable bonds is 8. The average molecular weight is 401 g/mol. The summed E-state index contributed by atoms with van der Waals surface area (Å²) in [5.74, 6) is -0.737. The monoisotopic (exact) mass is 401 g/mol. The summed E-state index contributed by atoms with van der Waals surface area (Å²) in [5, 5.41) is 35.6. The highest BCUT2D eigenvalue weighted by Gasteiger charge is 2.57. The van der Waals surface area contributed by atoms with Crippen LogP contribution in [0.1, 0.15) is 26.2 Å². The Morgan fingerprint density at radius 1 is 1.48 bits per heavy atom. The second-order valence-electron chi connectivity index (χ2n) is 7.29. The van der Waals surface area contributed by atoms with E-state index < -0.39 is 24.3 Å². The van der Waals surface area contributed by atoms with Crippen LogP contribution in [0.5, 0.6) is 0 Å². The fraction of sp³-hybridized carbons (Fsp3) is 0.765. The SMILES string of the molecule is CNCC[C@@H](O)[C@@H]1C[C@H](SC2=C(OC(=O)O)N3C(=O)[C@H]([C@@H](C)O)[C@H]3C2)CN1. The largest absolute Gasteiger partial charge is 0.512 e. The molecule has 0 saturated carbocycles. The lowest BCUT2D eigenvalue weighted by atomic mass is 9.84. The molecule has 0 aliphatic carbocycles. The molecule has 0 spiro atoms. The maximum Gasteiger partial charge on any atom is 0.512 e. The Morgan fingerprint density at radius 3 is 2.85 bits per heavy atom. The number of ether oxygens (including phenoxy) is 1. The zero-order chi connectivity index (χ0) is 19.7. The van der Waals surface area contributed by atoms with Gasteiger partial charge in [0.25, 0.3) is 0 Å². The van der Waals surface area contributed by atoms with Gasteiger partial charge in [-0.3, -0.25) is 9.69 Å². The highest BCUT2D eigenvalue weighted by molar-refractivity contribution is 8.03. The van der Waals surface area contributed by atoms with Crippen molar-refractivity contribution >= 4 is 23.8 Å². The first-order valence-electron chi connectivity index (χ1n) is 9.21. The van der Waals surface area contributed by atoms with Crippen LogP contribution in [0.25, 0.3) is 0 Å². The van der Waals surface area contributed by atoms with Crippen molar-refractivity contribution < 1.29 is 29.6 Å². The zero-order valence-corrected chi connectivity index (χ0v) is 16.2. The van der Waals surface area contributed by atoms with Crippen molar-refractivity contribution in [1.29, 1.82) is 0 Å². The minimum atomic E-state index is -1.46. The van der Waals surface area contributed by atoms with Gasteiger partial charge in [0.1, 0.15) is 0 Å². The summed E-state index contributed by atoms with van der Waals surface area (Å²) in [5.41, 5.74) is 0. The van der Waals surface area contributed by atoms with Gasteiger partial charge in [0.15, 0.2) is 0 Å². The molecule has 0 bridgehead atoms. The second kappa shape index (κ2) is 8.36. The highest BCUT2D eigenvalue weighted by Crippen LogP contribution is 2.48. The van der Waals surface area contributed by atoms with Crippen LogP contribution in [0, 0.1) is 5.92 Å². The van der Waals surface area contributed by atoms with E-state index in [1.165, 1.54) is 16.7 Å². The van der Waals surface area contributed by atoms with Gasteiger partial charge < -0.3 is 30.7 Å². The van der Waals surface area contributed by atoms with E-state index >= 15 is 0 Å². The summed E-state index contributed by atoms with van der Waals surface area (Å²) in [6, 6.07) is -0.258. The molecule has 3 aliphatic heterocycles. The fourth-order valence-electron chi connectivity index (χ4n) is 4.07. The number of hydrogen-bond donors (Lipinski definition) is 5. The Balaban J connectivity index is 1.65. The minimum absolute atomic E-state index is 0.00873. The van der Waals surface area contributed by atoms with E-state index in [-0.39, 0.29) is 29.1 Å². The summed E-state index contributed by atoms with van der Waals surface area (Å²) in [4.78, 5) is 25.4. The molecule has 0 aromatic rings. The van der Waals surface area contributed by atoms with E-state index in [2.05, 4.69) is 10.6 Å². The van der Waals surface area contributed by atoms with Crippen molar-refractivity contribution in [1.82, 2.24) is 15.5 Å². The molecule has 5 N–H and O–H groups in total. The summed E-state index contributed by atoms with van der Waals surface area (Å²) < 4.78 is 4.91. The van der Waals surface area contributed by atoms with Crippen molar-refractivity contribution in [3.8, 4) is 0 Å². The van der Waals surface area contributed by atoms with Gasteiger partial charge in [0.2, 0.25) is 11.8 Å². The normalized spacial score (nSPS) is 32.3. The van der Waals surface area contributed by atoms with Gasteiger partial charge in [0, 0.05) is 29.2 Å². The lowest BCUT2D eigenvalue weighted by Gasteiger charge is -2.44. The Morgan fingerprint density at radius 2 is 2.22 bits per heavy atom. The predicted octanol–water partition coefficient (Wildman–Crippen LogP) is -0.104. The number of β-lactam (4-membered cyclic amide) rings is 1. The molecule has 0 aromatic heterocycles. The van der Waals surface area contributed by atoms with Crippen molar-refractivity contribution in [2.45, 2.75) is 55.7 Å². The van der Waals surface area contributed by atoms with Crippen molar-refractivity contribution in [3.05, 3.63) is 10.8 Å². The third-order valence-corrected chi connectivity index (χ3v) is 6.73. The molecule has 3 aliphatic rings. The Labute approximate surface area is 162 Å². The molecule has 3 rings (SSSR count). The van der Waals surface area contributed by atoms with E-state index in [4.69, 9.17) is 9.84 Å². The maximum atomic E-state index is 12.3. The maximum absolute atomic E-state index is 12.3. The lowest BCUT2D eigenvalue weighted by Crippen LogP contribution is -2.61. The standard InChI is InChI=1S/C17H27N3O6S/c1-8(21)14-11-6-13(16(26-17(24)25)20(11)15(14)23)27-9-5-10(19-7-9)12(22)3-4-18-2/h8-12,14,18-19,21-22H,3-7H2,1-2H3,(H,24,25)/t8-,9+,10+,11-,12-,14-/m1/s1. The van der Waals surface area contributed by atoms with Gasteiger partial charge in [-0.25, -0.2) is 4.79 Å². The van der Waals surface area contributed by atoms with Crippen LogP contribution in [0.2, 0.25) is 0 Å². The quantitative estimate of drug-likeness (QED) is 0.279. The van der Waals surface area contributed by atoms with Crippen LogP contribution < -0.4 is 10.6 Å².